The van der Waals surface area contributed by atoms with Crippen molar-refractivity contribution in [2.45, 2.75) is 0 Å². The fourth-order valence-electron chi connectivity index (χ4n) is 2.26. The molecule has 0 aliphatic heterocycles. The third kappa shape index (κ3) is 2.50. The van der Waals surface area contributed by atoms with Crippen molar-refractivity contribution >= 4 is 23.9 Å². The maximum absolute atomic E-state index is 13.8. The van der Waals surface area contributed by atoms with Gasteiger partial charge in [0.25, 0.3) is 0 Å². The molecule has 7 nitrogen and oxygen atoms in total. The molecule has 23 heavy (non-hydrogen) atoms. The van der Waals surface area contributed by atoms with Crippen LogP contribution in [-0.4, -0.2) is 38.8 Å². The average molecular weight is 312 g/mol. The Morgan fingerprint density at radius 2 is 2.13 bits per heavy atom. The van der Waals surface area contributed by atoms with E-state index >= 15 is 0 Å². The van der Waals surface area contributed by atoms with Gasteiger partial charge >= 0.3 is 7.12 Å². The van der Waals surface area contributed by atoms with Crippen LogP contribution in [0.3, 0.4) is 0 Å². The average Bonchev–Trinajstić information content (AvgIpc) is 2.96. The molecule has 3 rings (SSSR count). The minimum absolute atomic E-state index is 0.0149. The molecular formula is C14H10BFN4O3. The molecule has 0 saturated heterocycles. The van der Waals surface area contributed by atoms with E-state index in [0.29, 0.717) is 5.52 Å². The molecule has 3 aromatic rings. The van der Waals surface area contributed by atoms with Crippen LogP contribution in [0, 0.1) is 17.1 Å². The van der Waals surface area contributed by atoms with Crippen molar-refractivity contribution in [3.63, 3.8) is 0 Å². The Hall–Kier alpha value is -2.96. The first-order valence-electron chi connectivity index (χ1n) is 6.53. The predicted molar refractivity (Wildman–Crippen MR) is 79.9 cm³/mol. The van der Waals surface area contributed by atoms with Gasteiger partial charge in [-0.3, -0.25) is 4.57 Å². The van der Waals surface area contributed by atoms with Gasteiger partial charge in [0.2, 0.25) is 0 Å². The molecule has 0 atom stereocenters. The van der Waals surface area contributed by atoms with Crippen LogP contribution >= 0.6 is 0 Å². The molecule has 2 N–H and O–H groups in total. The summed E-state index contributed by atoms with van der Waals surface area (Å²) in [7, 11) is -0.413. The Balaban J connectivity index is 2.31. The summed E-state index contributed by atoms with van der Waals surface area (Å²) in [6.07, 6.45) is 1.38. The van der Waals surface area contributed by atoms with Crippen molar-refractivity contribution in [1.29, 1.82) is 5.26 Å². The van der Waals surface area contributed by atoms with Crippen LogP contribution in [0.1, 0.15) is 5.56 Å². The minimum Gasteiger partial charge on any atom is -0.495 e. The number of nitriles is 1. The number of halogens is 1. The quantitative estimate of drug-likeness (QED) is 0.666. The van der Waals surface area contributed by atoms with E-state index in [2.05, 4.69) is 9.97 Å². The number of pyridine rings is 1. The zero-order valence-electron chi connectivity index (χ0n) is 11.9. The topological polar surface area (TPSA) is 104 Å². The number of hydrogen-bond acceptors (Lipinski definition) is 6. The number of nitrogens with zero attached hydrogens (tertiary/aromatic N) is 4. The van der Waals surface area contributed by atoms with Crippen LogP contribution in [0.25, 0.3) is 16.9 Å². The van der Waals surface area contributed by atoms with E-state index in [0.717, 1.165) is 12.1 Å². The molecule has 0 amide bonds. The summed E-state index contributed by atoms with van der Waals surface area (Å²) < 4.78 is 20.2. The fourth-order valence-corrected chi connectivity index (χ4v) is 2.26. The van der Waals surface area contributed by atoms with Crippen LogP contribution in [0.5, 0.6) is 5.75 Å². The molecule has 2 heterocycles. The highest BCUT2D eigenvalue weighted by molar-refractivity contribution is 6.57. The summed E-state index contributed by atoms with van der Waals surface area (Å²) in [6, 6.07) is 7.20. The lowest BCUT2D eigenvalue weighted by Crippen LogP contribution is -2.32. The SMILES string of the molecule is COc1cc(F)cc(-n2cnc3ccc(B(O)O)nc32)c1C#N. The number of hydrogen-bond donors (Lipinski definition) is 2. The molecule has 114 valence electrons. The zero-order chi connectivity index (χ0) is 16.6. The standard InChI is InChI=1S/C14H10BFN4O3/c1-23-12-5-8(16)4-11(9(12)6-17)20-7-18-10-2-3-13(15(21)22)19-14(10)20/h2-5,7,21-22H,1H3. The summed E-state index contributed by atoms with van der Waals surface area (Å²) in [6.45, 7) is 0. The molecule has 0 bridgehead atoms. The van der Waals surface area contributed by atoms with E-state index in [1.54, 1.807) is 6.07 Å². The Kier molecular flexibility index (Phi) is 3.69. The molecule has 1 aromatic carbocycles. The molecule has 0 aliphatic rings. The monoisotopic (exact) mass is 312 g/mol. The maximum Gasteiger partial charge on any atom is 0.508 e. The number of ether oxygens (including phenoxy) is 1. The number of rotatable bonds is 3. The van der Waals surface area contributed by atoms with Gasteiger partial charge in [0.05, 0.1) is 18.4 Å². The van der Waals surface area contributed by atoms with Crippen molar-refractivity contribution in [2.24, 2.45) is 0 Å². The highest BCUT2D eigenvalue weighted by atomic mass is 19.1. The lowest BCUT2D eigenvalue weighted by Gasteiger charge is -2.10. The Morgan fingerprint density at radius 3 is 2.78 bits per heavy atom. The van der Waals surface area contributed by atoms with Crippen LogP contribution in [0.4, 0.5) is 4.39 Å². The van der Waals surface area contributed by atoms with Crippen molar-refractivity contribution in [1.82, 2.24) is 14.5 Å². The third-order valence-corrected chi connectivity index (χ3v) is 3.32. The number of fused-ring (bicyclic) bond motifs is 1. The summed E-state index contributed by atoms with van der Waals surface area (Å²) in [5.41, 5.74) is 1.05. The van der Waals surface area contributed by atoms with Gasteiger partial charge in [-0.25, -0.2) is 14.4 Å². The van der Waals surface area contributed by atoms with Crippen LogP contribution in [0.15, 0.2) is 30.6 Å². The van der Waals surface area contributed by atoms with Gasteiger partial charge in [-0.15, -0.1) is 0 Å². The van der Waals surface area contributed by atoms with E-state index in [1.807, 2.05) is 6.07 Å². The van der Waals surface area contributed by atoms with Gasteiger partial charge in [0.1, 0.15) is 35.0 Å². The summed E-state index contributed by atoms with van der Waals surface area (Å²) in [4.78, 5) is 8.22. The first kappa shape index (κ1) is 15.0. The number of imidazole rings is 1. The van der Waals surface area contributed by atoms with Crippen molar-refractivity contribution in [2.75, 3.05) is 7.11 Å². The Morgan fingerprint density at radius 1 is 1.35 bits per heavy atom. The zero-order valence-corrected chi connectivity index (χ0v) is 11.9. The van der Waals surface area contributed by atoms with E-state index in [4.69, 9.17) is 4.74 Å². The van der Waals surface area contributed by atoms with E-state index in [-0.39, 0.29) is 28.2 Å². The van der Waals surface area contributed by atoms with Gasteiger partial charge in [-0.05, 0) is 18.2 Å². The smallest absolute Gasteiger partial charge is 0.495 e. The number of aromatic nitrogens is 3. The van der Waals surface area contributed by atoms with Crippen molar-refractivity contribution in [3.8, 4) is 17.5 Å². The Bertz CT molecular complexity index is 936. The highest BCUT2D eigenvalue weighted by Crippen LogP contribution is 2.28. The van der Waals surface area contributed by atoms with Crippen molar-refractivity contribution < 1.29 is 19.2 Å². The van der Waals surface area contributed by atoms with Gasteiger partial charge < -0.3 is 14.8 Å². The second-order valence-electron chi connectivity index (χ2n) is 4.68. The first-order chi connectivity index (χ1) is 11.0. The molecule has 0 fully saturated rings. The molecule has 0 unspecified atom stereocenters. The summed E-state index contributed by atoms with van der Waals surface area (Å²) in [5.74, 6) is -0.501. The Labute approximate surface area is 130 Å². The molecule has 9 heteroatoms. The number of benzene rings is 1. The van der Waals surface area contributed by atoms with E-state index in [1.165, 1.54) is 24.1 Å². The normalized spacial score (nSPS) is 10.6. The lowest BCUT2D eigenvalue weighted by atomic mass is 9.86. The van der Waals surface area contributed by atoms with Crippen LogP contribution in [-0.2, 0) is 0 Å². The van der Waals surface area contributed by atoms with Gasteiger partial charge in [-0.2, -0.15) is 5.26 Å². The second kappa shape index (κ2) is 5.68. The molecular weight excluding hydrogens is 302 g/mol. The van der Waals surface area contributed by atoms with E-state index in [9.17, 15) is 19.7 Å². The molecule has 0 radical (unpaired) electrons. The predicted octanol–water partition coefficient (Wildman–Crippen LogP) is 0.120. The minimum atomic E-state index is -1.75. The van der Waals surface area contributed by atoms with Gasteiger partial charge in [0.15, 0.2) is 5.65 Å². The lowest BCUT2D eigenvalue weighted by molar-refractivity contribution is 0.409. The summed E-state index contributed by atoms with van der Waals surface area (Å²) in [5, 5.41) is 27.8. The fraction of sp³-hybridized carbons (Fsp3) is 0.0714. The van der Waals surface area contributed by atoms with E-state index < -0.39 is 12.9 Å². The maximum atomic E-state index is 13.8. The molecule has 2 aromatic heterocycles. The molecule has 0 aliphatic carbocycles. The van der Waals surface area contributed by atoms with Crippen molar-refractivity contribution in [3.05, 3.63) is 42.0 Å². The third-order valence-electron chi connectivity index (χ3n) is 3.32. The van der Waals surface area contributed by atoms with Crippen LogP contribution in [0.2, 0.25) is 0 Å². The largest absolute Gasteiger partial charge is 0.508 e. The van der Waals surface area contributed by atoms with Gasteiger partial charge in [-0.1, -0.05) is 0 Å². The molecule has 0 saturated carbocycles. The molecule has 0 spiro atoms. The first-order valence-corrected chi connectivity index (χ1v) is 6.53. The summed E-state index contributed by atoms with van der Waals surface area (Å²) >= 11 is 0. The van der Waals surface area contributed by atoms with Crippen LogP contribution < -0.4 is 10.3 Å². The van der Waals surface area contributed by atoms with Gasteiger partial charge in [0, 0.05) is 6.07 Å². The number of methoxy groups -OCH3 is 1. The second-order valence-corrected chi connectivity index (χ2v) is 4.68. The highest BCUT2D eigenvalue weighted by Gasteiger charge is 2.19.